The number of pyridine rings is 1. The number of morpholine rings is 1. The molecule has 2 N–H and O–H groups in total. The largest absolute Gasteiger partial charge is 0.374 e. The highest BCUT2D eigenvalue weighted by Crippen LogP contribution is 2.16. The van der Waals surface area contributed by atoms with Crippen LogP contribution in [0.4, 0.5) is 5.82 Å². The van der Waals surface area contributed by atoms with Crippen LogP contribution in [-0.4, -0.2) is 37.3 Å². The van der Waals surface area contributed by atoms with E-state index >= 15 is 0 Å². The van der Waals surface area contributed by atoms with E-state index in [-0.39, 0.29) is 6.10 Å². The maximum absolute atomic E-state index is 5.60. The van der Waals surface area contributed by atoms with Crippen LogP contribution >= 0.6 is 15.9 Å². The molecular formula is C11H16BrN3O. The van der Waals surface area contributed by atoms with Crippen LogP contribution in [0.15, 0.2) is 16.7 Å². The topological polar surface area (TPSA) is 46.2 Å². The lowest BCUT2D eigenvalue weighted by atomic mass is 10.2. The van der Waals surface area contributed by atoms with Crippen LogP contribution in [0.5, 0.6) is 0 Å². The number of hydrogen-bond acceptors (Lipinski definition) is 4. The minimum Gasteiger partial charge on any atom is -0.374 e. The Morgan fingerprint density at radius 1 is 1.69 bits per heavy atom. The van der Waals surface area contributed by atoms with Crippen LogP contribution in [0.25, 0.3) is 0 Å². The summed E-state index contributed by atoms with van der Waals surface area (Å²) in [5.41, 5.74) is 1.14. The molecule has 1 fully saturated rings. The zero-order valence-corrected chi connectivity index (χ0v) is 10.9. The van der Waals surface area contributed by atoms with Gasteiger partial charge in [0.1, 0.15) is 5.82 Å². The second-order valence-corrected chi connectivity index (χ2v) is 4.81. The molecule has 0 aliphatic carbocycles. The molecule has 2 heterocycles. The van der Waals surface area contributed by atoms with Crippen molar-refractivity contribution in [3.8, 4) is 0 Å². The predicted molar refractivity (Wildman–Crippen MR) is 67.8 cm³/mol. The molecule has 1 unspecified atom stereocenters. The number of aryl methyl sites for hydroxylation is 1. The average Bonchev–Trinajstić information content (AvgIpc) is 2.29. The second-order valence-electron chi connectivity index (χ2n) is 3.90. The lowest BCUT2D eigenvalue weighted by Crippen LogP contribution is -2.42. The van der Waals surface area contributed by atoms with Gasteiger partial charge in [0.15, 0.2) is 0 Å². The first-order valence-corrected chi connectivity index (χ1v) is 6.23. The van der Waals surface area contributed by atoms with E-state index in [2.05, 4.69) is 37.6 Å². The van der Waals surface area contributed by atoms with Gasteiger partial charge in [0.25, 0.3) is 0 Å². The maximum atomic E-state index is 5.60. The Balaban J connectivity index is 1.88. The van der Waals surface area contributed by atoms with Crippen LogP contribution in [0.2, 0.25) is 0 Å². The smallest absolute Gasteiger partial charge is 0.129 e. The van der Waals surface area contributed by atoms with Crippen molar-refractivity contribution in [3.05, 3.63) is 22.3 Å². The third kappa shape index (κ3) is 3.17. The van der Waals surface area contributed by atoms with Gasteiger partial charge < -0.3 is 15.4 Å². The molecule has 5 heteroatoms. The summed E-state index contributed by atoms with van der Waals surface area (Å²) in [6.07, 6.45) is 2.04. The van der Waals surface area contributed by atoms with E-state index < -0.39 is 0 Å². The highest BCUT2D eigenvalue weighted by Gasteiger charge is 2.13. The number of nitrogens with zero attached hydrogens (tertiary/aromatic N) is 1. The number of aromatic nitrogens is 1. The monoisotopic (exact) mass is 285 g/mol. The summed E-state index contributed by atoms with van der Waals surface area (Å²) in [7, 11) is 0. The molecule has 4 nitrogen and oxygen atoms in total. The summed E-state index contributed by atoms with van der Waals surface area (Å²) < 4.78 is 6.61. The van der Waals surface area contributed by atoms with Crippen LogP contribution in [0.3, 0.4) is 0 Å². The lowest BCUT2D eigenvalue weighted by Gasteiger charge is -2.24. The molecule has 1 saturated heterocycles. The molecule has 0 radical (unpaired) electrons. The number of hydrogen-bond donors (Lipinski definition) is 2. The van der Waals surface area contributed by atoms with Gasteiger partial charge in [-0.2, -0.15) is 0 Å². The second kappa shape index (κ2) is 5.61. The molecule has 0 aromatic carbocycles. The molecule has 1 aliphatic heterocycles. The van der Waals surface area contributed by atoms with Crippen molar-refractivity contribution >= 4 is 21.7 Å². The van der Waals surface area contributed by atoms with Crippen molar-refractivity contribution in [3.63, 3.8) is 0 Å². The highest BCUT2D eigenvalue weighted by molar-refractivity contribution is 9.10. The zero-order valence-electron chi connectivity index (χ0n) is 9.29. The van der Waals surface area contributed by atoms with E-state index in [1.807, 2.05) is 6.92 Å². The van der Waals surface area contributed by atoms with Gasteiger partial charge in [-0.25, -0.2) is 4.98 Å². The van der Waals surface area contributed by atoms with Crippen molar-refractivity contribution < 1.29 is 4.74 Å². The molecule has 88 valence electrons. The van der Waals surface area contributed by atoms with Gasteiger partial charge in [0, 0.05) is 30.3 Å². The molecule has 0 bridgehead atoms. The molecule has 0 amide bonds. The van der Waals surface area contributed by atoms with E-state index in [1.165, 1.54) is 0 Å². The Morgan fingerprint density at radius 2 is 2.56 bits per heavy atom. The van der Waals surface area contributed by atoms with Gasteiger partial charge in [0.2, 0.25) is 0 Å². The SMILES string of the molecule is Cc1cc(Br)cnc1NCC1CNCCO1. The predicted octanol–water partition coefficient (Wildman–Crippen LogP) is 1.55. The number of nitrogens with one attached hydrogen (secondary N) is 2. The first-order chi connectivity index (χ1) is 7.75. The van der Waals surface area contributed by atoms with Crippen molar-refractivity contribution in [2.75, 3.05) is 31.6 Å². The Hall–Kier alpha value is -0.650. The first-order valence-electron chi connectivity index (χ1n) is 5.44. The fraction of sp³-hybridized carbons (Fsp3) is 0.545. The number of ether oxygens (including phenoxy) is 1. The summed E-state index contributed by atoms with van der Waals surface area (Å²) >= 11 is 3.40. The Morgan fingerprint density at radius 3 is 3.25 bits per heavy atom. The molecule has 1 aliphatic rings. The highest BCUT2D eigenvalue weighted by atomic mass is 79.9. The molecule has 1 atom stereocenters. The molecule has 1 aromatic heterocycles. The minimum atomic E-state index is 0.235. The number of rotatable bonds is 3. The van der Waals surface area contributed by atoms with Crippen molar-refractivity contribution in [1.82, 2.24) is 10.3 Å². The van der Waals surface area contributed by atoms with E-state index in [0.29, 0.717) is 0 Å². The number of halogens is 1. The van der Waals surface area contributed by atoms with Gasteiger partial charge in [-0.05, 0) is 34.5 Å². The van der Waals surface area contributed by atoms with Crippen LogP contribution in [0, 0.1) is 6.92 Å². The van der Waals surface area contributed by atoms with Gasteiger partial charge in [-0.3, -0.25) is 0 Å². The van der Waals surface area contributed by atoms with Crippen molar-refractivity contribution in [1.29, 1.82) is 0 Å². The molecule has 0 spiro atoms. The van der Waals surface area contributed by atoms with Gasteiger partial charge >= 0.3 is 0 Å². The molecule has 16 heavy (non-hydrogen) atoms. The zero-order chi connectivity index (χ0) is 11.4. The molecule has 1 aromatic rings. The van der Waals surface area contributed by atoms with Crippen LogP contribution < -0.4 is 10.6 Å². The number of anilines is 1. The third-order valence-corrected chi connectivity index (χ3v) is 2.98. The van der Waals surface area contributed by atoms with E-state index in [0.717, 1.165) is 42.1 Å². The lowest BCUT2D eigenvalue weighted by molar-refractivity contribution is 0.0372. The van der Waals surface area contributed by atoms with E-state index in [4.69, 9.17) is 4.74 Å². The third-order valence-electron chi connectivity index (χ3n) is 2.55. The van der Waals surface area contributed by atoms with Crippen molar-refractivity contribution in [2.24, 2.45) is 0 Å². The van der Waals surface area contributed by atoms with Crippen molar-refractivity contribution in [2.45, 2.75) is 13.0 Å². The Bertz CT molecular complexity index is 353. The summed E-state index contributed by atoms with van der Waals surface area (Å²) in [6, 6.07) is 2.05. The fourth-order valence-electron chi connectivity index (χ4n) is 1.69. The van der Waals surface area contributed by atoms with Gasteiger partial charge in [-0.1, -0.05) is 0 Å². The minimum absolute atomic E-state index is 0.235. The maximum Gasteiger partial charge on any atom is 0.129 e. The molecule has 0 saturated carbocycles. The van der Waals surface area contributed by atoms with Crippen LogP contribution in [-0.2, 0) is 4.74 Å². The fourth-order valence-corrected chi connectivity index (χ4v) is 2.13. The first kappa shape index (κ1) is 11.8. The molecular weight excluding hydrogens is 270 g/mol. The van der Waals surface area contributed by atoms with Gasteiger partial charge in [0.05, 0.1) is 12.7 Å². The normalized spacial score (nSPS) is 20.8. The molecule has 2 rings (SSSR count). The summed E-state index contributed by atoms with van der Waals surface area (Å²) in [4.78, 5) is 4.33. The summed E-state index contributed by atoms with van der Waals surface area (Å²) in [5, 5.41) is 6.61. The van der Waals surface area contributed by atoms with E-state index in [1.54, 1.807) is 6.20 Å². The average molecular weight is 286 g/mol. The summed E-state index contributed by atoms with van der Waals surface area (Å²) in [6.45, 7) is 5.48. The van der Waals surface area contributed by atoms with Gasteiger partial charge in [-0.15, -0.1) is 0 Å². The standard InChI is InChI=1S/C11H16BrN3O/c1-8-4-9(12)5-14-11(8)15-7-10-6-13-2-3-16-10/h4-5,10,13H,2-3,6-7H2,1H3,(H,14,15). The summed E-state index contributed by atoms with van der Waals surface area (Å²) in [5.74, 6) is 0.928. The van der Waals surface area contributed by atoms with E-state index in [9.17, 15) is 0 Å². The van der Waals surface area contributed by atoms with Crippen LogP contribution in [0.1, 0.15) is 5.56 Å². The quantitative estimate of drug-likeness (QED) is 0.885. The Kier molecular flexibility index (Phi) is 4.15. The Labute approximate surface area is 104 Å².